The van der Waals surface area contributed by atoms with Crippen molar-refractivity contribution in [3.05, 3.63) is 93.5 Å². The van der Waals surface area contributed by atoms with Crippen molar-refractivity contribution in [2.24, 2.45) is 5.10 Å². The van der Waals surface area contributed by atoms with Crippen LogP contribution in [0.15, 0.2) is 71.8 Å². The number of rotatable bonds is 8. The molecule has 0 saturated carbocycles. The Bertz CT molecular complexity index is 1210. The second-order valence-corrected chi connectivity index (χ2v) is 6.65. The molecule has 0 heterocycles. The highest BCUT2D eigenvalue weighted by atomic mass is 16.6. The Kier molecular flexibility index (Phi) is 7.32. The second-order valence-electron chi connectivity index (χ2n) is 6.65. The summed E-state index contributed by atoms with van der Waals surface area (Å²) in [4.78, 5) is 34.9. The molecule has 0 fully saturated rings. The van der Waals surface area contributed by atoms with Crippen LogP contribution in [0.25, 0.3) is 0 Å². The highest BCUT2D eigenvalue weighted by Gasteiger charge is 2.12. The van der Waals surface area contributed by atoms with E-state index in [2.05, 4.69) is 15.8 Å². The van der Waals surface area contributed by atoms with Crippen molar-refractivity contribution in [2.75, 3.05) is 19.5 Å². The fourth-order valence-electron chi connectivity index (χ4n) is 2.83. The maximum Gasteiger partial charge on any atom is 0.271 e. The SMILES string of the molecule is COc1ccc(/C=N\NC(=O)c2ccc(NC(=O)c3cccc([N+](=O)[O-])c3)cc2)cc1OC. The number of hydrogen-bond acceptors (Lipinski definition) is 7. The Hall–Kier alpha value is -4.73. The van der Waals surface area contributed by atoms with Gasteiger partial charge in [-0.1, -0.05) is 6.07 Å². The molecule has 168 valence electrons. The van der Waals surface area contributed by atoms with Crippen LogP contribution in [0.2, 0.25) is 0 Å². The molecule has 0 unspecified atom stereocenters. The van der Waals surface area contributed by atoms with E-state index >= 15 is 0 Å². The summed E-state index contributed by atoms with van der Waals surface area (Å²) in [7, 11) is 3.06. The zero-order chi connectivity index (χ0) is 23.8. The van der Waals surface area contributed by atoms with E-state index in [0.717, 1.165) is 0 Å². The van der Waals surface area contributed by atoms with E-state index in [1.807, 2.05) is 0 Å². The van der Waals surface area contributed by atoms with Crippen LogP contribution in [0.5, 0.6) is 11.5 Å². The number of nitro groups is 1. The normalized spacial score (nSPS) is 10.5. The third-order valence-electron chi connectivity index (χ3n) is 4.51. The van der Waals surface area contributed by atoms with Crippen molar-refractivity contribution < 1.29 is 24.0 Å². The van der Waals surface area contributed by atoms with Gasteiger partial charge in [0.05, 0.1) is 25.4 Å². The Morgan fingerprint density at radius 1 is 0.909 bits per heavy atom. The molecule has 3 aromatic carbocycles. The van der Waals surface area contributed by atoms with E-state index in [-0.39, 0.29) is 11.3 Å². The highest BCUT2D eigenvalue weighted by Crippen LogP contribution is 2.26. The summed E-state index contributed by atoms with van der Waals surface area (Å²) in [6.07, 6.45) is 1.47. The molecule has 10 heteroatoms. The van der Waals surface area contributed by atoms with Gasteiger partial charge in [-0.3, -0.25) is 19.7 Å². The molecule has 0 aliphatic heterocycles. The van der Waals surface area contributed by atoms with Gasteiger partial charge in [-0.2, -0.15) is 5.10 Å². The number of ether oxygens (including phenoxy) is 2. The molecule has 0 aliphatic carbocycles. The second kappa shape index (κ2) is 10.5. The maximum atomic E-state index is 12.3. The number of benzene rings is 3. The van der Waals surface area contributed by atoms with Crippen LogP contribution >= 0.6 is 0 Å². The van der Waals surface area contributed by atoms with Gasteiger partial charge in [-0.25, -0.2) is 5.43 Å². The fourth-order valence-corrected chi connectivity index (χ4v) is 2.83. The minimum atomic E-state index is -0.572. The zero-order valence-electron chi connectivity index (χ0n) is 17.8. The van der Waals surface area contributed by atoms with Crippen molar-refractivity contribution in [3.8, 4) is 11.5 Å². The highest BCUT2D eigenvalue weighted by molar-refractivity contribution is 6.05. The molecule has 0 saturated heterocycles. The first-order valence-corrected chi connectivity index (χ1v) is 9.62. The van der Waals surface area contributed by atoms with Crippen LogP contribution in [0.3, 0.4) is 0 Å². The molecule has 33 heavy (non-hydrogen) atoms. The quantitative estimate of drug-likeness (QED) is 0.307. The monoisotopic (exact) mass is 448 g/mol. The van der Waals surface area contributed by atoms with Gasteiger partial charge in [0.2, 0.25) is 0 Å². The van der Waals surface area contributed by atoms with Gasteiger partial charge in [-0.15, -0.1) is 0 Å². The molecule has 0 bridgehead atoms. The molecule has 3 aromatic rings. The lowest BCUT2D eigenvalue weighted by molar-refractivity contribution is -0.384. The van der Waals surface area contributed by atoms with Crippen LogP contribution in [0, 0.1) is 10.1 Å². The lowest BCUT2D eigenvalue weighted by Gasteiger charge is -2.07. The van der Waals surface area contributed by atoms with Gasteiger partial charge >= 0.3 is 0 Å². The molecule has 2 amide bonds. The number of nitrogens with zero attached hydrogens (tertiary/aromatic N) is 2. The van der Waals surface area contributed by atoms with E-state index in [9.17, 15) is 19.7 Å². The lowest BCUT2D eigenvalue weighted by atomic mass is 10.1. The van der Waals surface area contributed by atoms with Gasteiger partial charge in [-0.05, 0) is 54.1 Å². The van der Waals surface area contributed by atoms with Crippen molar-refractivity contribution in [3.63, 3.8) is 0 Å². The van der Waals surface area contributed by atoms with Gasteiger partial charge in [0, 0.05) is 28.9 Å². The number of nitro benzene ring substituents is 1. The first-order chi connectivity index (χ1) is 15.9. The first-order valence-electron chi connectivity index (χ1n) is 9.62. The van der Waals surface area contributed by atoms with E-state index in [1.165, 1.54) is 56.8 Å². The van der Waals surface area contributed by atoms with Gasteiger partial charge in [0.1, 0.15) is 0 Å². The summed E-state index contributed by atoms with van der Waals surface area (Å²) >= 11 is 0. The molecule has 10 nitrogen and oxygen atoms in total. The smallest absolute Gasteiger partial charge is 0.271 e. The van der Waals surface area contributed by atoms with Crippen molar-refractivity contribution in [1.29, 1.82) is 0 Å². The standard InChI is InChI=1S/C23H20N4O6/c1-32-20-11-6-15(12-21(20)33-2)14-24-26-23(29)16-7-9-18(10-8-16)25-22(28)17-4-3-5-19(13-17)27(30)31/h3-14H,1-2H3,(H,25,28)(H,26,29)/b24-14-. The van der Waals surface area contributed by atoms with Crippen molar-refractivity contribution >= 4 is 29.4 Å². The number of hydrogen-bond donors (Lipinski definition) is 2. The molecule has 0 atom stereocenters. The minimum absolute atomic E-state index is 0.149. The molecular formula is C23H20N4O6. The van der Waals surface area contributed by atoms with Gasteiger partial charge in [0.15, 0.2) is 11.5 Å². The number of non-ortho nitro benzene ring substituents is 1. The topological polar surface area (TPSA) is 132 Å². The average molecular weight is 448 g/mol. The summed E-state index contributed by atoms with van der Waals surface area (Å²) in [6.45, 7) is 0. The average Bonchev–Trinajstić information content (AvgIpc) is 2.84. The molecule has 0 radical (unpaired) electrons. The molecule has 0 aliphatic rings. The molecule has 2 N–H and O–H groups in total. The number of carbonyl (C=O) groups is 2. The van der Waals surface area contributed by atoms with Crippen LogP contribution in [-0.4, -0.2) is 37.2 Å². The van der Waals surface area contributed by atoms with E-state index < -0.39 is 16.7 Å². The van der Waals surface area contributed by atoms with E-state index in [1.54, 1.807) is 30.3 Å². The number of amides is 2. The summed E-state index contributed by atoms with van der Waals surface area (Å²) in [5, 5.41) is 17.4. The Morgan fingerprint density at radius 2 is 1.64 bits per heavy atom. The number of hydrazone groups is 1. The third-order valence-corrected chi connectivity index (χ3v) is 4.51. The number of anilines is 1. The van der Waals surface area contributed by atoms with Crippen LogP contribution in [0.1, 0.15) is 26.3 Å². The molecule has 3 rings (SSSR count). The van der Waals surface area contributed by atoms with Crippen molar-refractivity contribution in [1.82, 2.24) is 5.43 Å². The summed E-state index contributed by atoms with van der Waals surface area (Å²) in [5.41, 5.74) is 3.85. The summed E-state index contributed by atoms with van der Waals surface area (Å²) < 4.78 is 10.4. The van der Waals surface area contributed by atoms with Gasteiger partial charge < -0.3 is 14.8 Å². The minimum Gasteiger partial charge on any atom is -0.493 e. The number of nitrogens with one attached hydrogen (secondary N) is 2. The van der Waals surface area contributed by atoms with E-state index in [0.29, 0.717) is 28.3 Å². The summed E-state index contributed by atoms with van der Waals surface area (Å²) in [5.74, 6) is 0.172. The largest absolute Gasteiger partial charge is 0.493 e. The number of methoxy groups -OCH3 is 2. The third kappa shape index (κ3) is 5.91. The van der Waals surface area contributed by atoms with E-state index in [4.69, 9.17) is 9.47 Å². The molecule has 0 aromatic heterocycles. The Labute approximate surface area is 189 Å². The maximum absolute atomic E-state index is 12.3. The number of carbonyl (C=O) groups excluding carboxylic acids is 2. The predicted molar refractivity (Wildman–Crippen MR) is 122 cm³/mol. The van der Waals surface area contributed by atoms with Crippen molar-refractivity contribution in [2.45, 2.75) is 0 Å². The molecular weight excluding hydrogens is 428 g/mol. The van der Waals surface area contributed by atoms with Crippen LogP contribution in [0.4, 0.5) is 11.4 Å². The van der Waals surface area contributed by atoms with Crippen LogP contribution < -0.4 is 20.2 Å². The fraction of sp³-hybridized carbons (Fsp3) is 0.0870. The van der Waals surface area contributed by atoms with Gasteiger partial charge in [0.25, 0.3) is 17.5 Å². The first kappa shape index (κ1) is 22.9. The summed E-state index contributed by atoms with van der Waals surface area (Å²) in [6, 6.07) is 16.7. The van der Waals surface area contributed by atoms with Crippen LogP contribution in [-0.2, 0) is 0 Å². The zero-order valence-corrected chi connectivity index (χ0v) is 17.8. The predicted octanol–water partition coefficient (Wildman–Crippen LogP) is 3.63. The molecule has 0 spiro atoms. The Balaban J connectivity index is 1.60. The lowest BCUT2D eigenvalue weighted by Crippen LogP contribution is -2.18. The Morgan fingerprint density at radius 3 is 2.30 bits per heavy atom.